The van der Waals surface area contributed by atoms with E-state index >= 15 is 0 Å². The Bertz CT molecular complexity index is 676. The fourth-order valence-corrected chi connectivity index (χ4v) is 2.85. The lowest BCUT2D eigenvalue weighted by Crippen LogP contribution is -2.39. The van der Waals surface area contributed by atoms with Crippen LogP contribution in [0.5, 0.6) is 0 Å². The molecular formula is C19H21ClN2O. The summed E-state index contributed by atoms with van der Waals surface area (Å²) in [4.78, 5) is 12.0. The van der Waals surface area contributed by atoms with Gasteiger partial charge in [-0.1, -0.05) is 53.6 Å². The third-order valence-corrected chi connectivity index (χ3v) is 4.72. The fourth-order valence-electron chi connectivity index (χ4n) is 2.72. The van der Waals surface area contributed by atoms with Gasteiger partial charge in [0.2, 0.25) is 0 Å². The predicted octanol–water partition coefficient (Wildman–Crippen LogP) is 4.18. The molecule has 0 bridgehead atoms. The molecule has 0 aromatic heterocycles. The van der Waals surface area contributed by atoms with E-state index < -0.39 is 0 Å². The van der Waals surface area contributed by atoms with E-state index in [9.17, 15) is 4.79 Å². The maximum Gasteiger partial charge on any atom is 0.315 e. The maximum atomic E-state index is 12.0. The van der Waals surface area contributed by atoms with Gasteiger partial charge in [0.05, 0.1) is 0 Å². The number of carbonyl (C=O) groups excluding carboxylic acids is 1. The first-order chi connectivity index (χ1) is 11.1. The molecule has 0 unspecified atom stereocenters. The van der Waals surface area contributed by atoms with Gasteiger partial charge in [0.15, 0.2) is 0 Å². The Morgan fingerprint density at radius 3 is 2.30 bits per heavy atom. The van der Waals surface area contributed by atoms with E-state index in [0.717, 1.165) is 23.4 Å². The fraction of sp³-hybridized carbons (Fsp3) is 0.316. The van der Waals surface area contributed by atoms with Crippen molar-refractivity contribution in [1.82, 2.24) is 10.6 Å². The third-order valence-electron chi connectivity index (χ3n) is 4.47. The number of amides is 2. The average molecular weight is 329 g/mol. The zero-order valence-corrected chi connectivity index (χ0v) is 14.0. The van der Waals surface area contributed by atoms with Crippen LogP contribution in [-0.4, -0.2) is 12.6 Å². The molecule has 2 amide bonds. The van der Waals surface area contributed by atoms with Gasteiger partial charge in [-0.15, -0.1) is 0 Å². The standard InChI is InChI=1S/C19H21ClN2O/c1-14-2-4-15(5-3-14)12-21-18(23)22-13-19(10-11-19)16-6-8-17(20)9-7-16/h2-9H,10-13H2,1H3,(H2,21,22,23). The largest absolute Gasteiger partial charge is 0.337 e. The molecule has 1 aliphatic carbocycles. The molecule has 3 nitrogen and oxygen atoms in total. The van der Waals surface area contributed by atoms with Crippen molar-refractivity contribution in [3.63, 3.8) is 0 Å². The van der Waals surface area contributed by atoms with Crippen LogP contribution in [-0.2, 0) is 12.0 Å². The highest BCUT2D eigenvalue weighted by Gasteiger charge is 2.44. The van der Waals surface area contributed by atoms with Crippen molar-refractivity contribution in [1.29, 1.82) is 0 Å². The quantitative estimate of drug-likeness (QED) is 0.849. The van der Waals surface area contributed by atoms with Crippen LogP contribution >= 0.6 is 11.6 Å². The van der Waals surface area contributed by atoms with Gasteiger partial charge in [0, 0.05) is 23.5 Å². The lowest BCUT2D eigenvalue weighted by molar-refractivity contribution is 0.239. The first-order valence-corrected chi connectivity index (χ1v) is 8.29. The summed E-state index contributed by atoms with van der Waals surface area (Å²) in [5.74, 6) is 0. The minimum atomic E-state index is -0.120. The molecule has 1 aliphatic rings. The summed E-state index contributed by atoms with van der Waals surface area (Å²) < 4.78 is 0. The highest BCUT2D eigenvalue weighted by molar-refractivity contribution is 6.30. The Hall–Kier alpha value is -2.00. The summed E-state index contributed by atoms with van der Waals surface area (Å²) >= 11 is 5.94. The van der Waals surface area contributed by atoms with Gasteiger partial charge < -0.3 is 10.6 Å². The van der Waals surface area contributed by atoms with Crippen LogP contribution in [0.25, 0.3) is 0 Å². The molecule has 23 heavy (non-hydrogen) atoms. The maximum absolute atomic E-state index is 12.0. The SMILES string of the molecule is Cc1ccc(CNC(=O)NCC2(c3ccc(Cl)cc3)CC2)cc1. The molecule has 1 fully saturated rings. The van der Waals surface area contributed by atoms with Crippen molar-refractivity contribution in [3.05, 3.63) is 70.2 Å². The number of halogens is 1. The number of hydrogen-bond acceptors (Lipinski definition) is 1. The Labute approximate surface area is 142 Å². The molecule has 2 aromatic carbocycles. The van der Waals surface area contributed by atoms with Crippen LogP contribution < -0.4 is 10.6 Å². The van der Waals surface area contributed by atoms with Crippen LogP contribution in [0.4, 0.5) is 4.79 Å². The van der Waals surface area contributed by atoms with Crippen molar-refractivity contribution >= 4 is 17.6 Å². The number of carbonyl (C=O) groups is 1. The lowest BCUT2D eigenvalue weighted by atomic mass is 9.96. The first kappa shape index (κ1) is 15.9. The molecule has 1 saturated carbocycles. The van der Waals surface area contributed by atoms with Crippen molar-refractivity contribution in [2.24, 2.45) is 0 Å². The van der Waals surface area contributed by atoms with E-state index in [1.54, 1.807) is 0 Å². The molecular weight excluding hydrogens is 308 g/mol. The number of urea groups is 1. The first-order valence-electron chi connectivity index (χ1n) is 7.91. The van der Waals surface area contributed by atoms with Crippen LogP contribution in [0.15, 0.2) is 48.5 Å². The van der Waals surface area contributed by atoms with Gasteiger partial charge in [-0.2, -0.15) is 0 Å². The number of hydrogen-bond donors (Lipinski definition) is 2. The lowest BCUT2D eigenvalue weighted by Gasteiger charge is -2.17. The summed E-state index contributed by atoms with van der Waals surface area (Å²) in [6.07, 6.45) is 2.21. The summed E-state index contributed by atoms with van der Waals surface area (Å²) in [5, 5.41) is 6.65. The highest BCUT2D eigenvalue weighted by atomic mass is 35.5. The molecule has 0 saturated heterocycles. The number of rotatable bonds is 5. The highest BCUT2D eigenvalue weighted by Crippen LogP contribution is 2.47. The van der Waals surface area contributed by atoms with E-state index in [0.29, 0.717) is 13.1 Å². The zero-order valence-electron chi connectivity index (χ0n) is 13.2. The normalized spacial score (nSPS) is 15.0. The summed E-state index contributed by atoms with van der Waals surface area (Å²) in [7, 11) is 0. The zero-order chi connectivity index (χ0) is 16.3. The Balaban J connectivity index is 1.49. The van der Waals surface area contributed by atoms with Gasteiger partial charge in [-0.05, 0) is 43.0 Å². The summed E-state index contributed by atoms with van der Waals surface area (Å²) in [6.45, 7) is 3.25. The molecule has 0 heterocycles. The Morgan fingerprint density at radius 1 is 1.04 bits per heavy atom. The van der Waals surface area contributed by atoms with E-state index in [2.05, 4.69) is 41.8 Å². The van der Waals surface area contributed by atoms with Crippen molar-refractivity contribution in [3.8, 4) is 0 Å². The van der Waals surface area contributed by atoms with Gasteiger partial charge in [0.25, 0.3) is 0 Å². The van der Waals surface area contributed by atoms with E-state index in [4.69, 9.17) is 11.6 Å². The topological polar surface area (TPSA) is 41.1 Å². The summed E-state index contributed by atoms with van der Waals surface area (Å²) in [6, 6.07) is 16.0. The molecule has 2 N–H and O–H groups in total. The van der Waals surface area contributed by atoms with Crippen molar-refractivity contribution in [2.75, 3.05) is 6.54 Å². The Morgan fingerprint density at radius 2 is 1.70 bits per heavy atom. The van der Waals surface area contributed by atoms with Crippen LogP contribution in [0, 0.1) is 6.92 Å². The molecule has 120 valence electrons. The minimum absolute atomic E-state index is 0.0891. The molecule has 0 aliphatic heterocycles. The molecule has 0 spiro atoms. The van der Waals surface area contributed by atoms with E-state index in [1.807, 2.05) is 24.3 Å². The number of aryl methyl sites for hydroxylation is 1. The van der Waals surface area contributed by atoms with Crippen molar-refractivity contribution in [2.45, 2.75) is 31.7 Å². The van der Waals surface area contributed by atoms with Gasteiger partial charge in [-0.3, -0.25) is 0 Å². The minimum Gasteiger partial charge on any atom is -0.337 e. The smallest absolute Gasteiger partial charge is 0.315 e. The second-order valence-electron chi connectivity index (χ2n) is 6.31. The van der Waals surface area contributed by atoms with Gasteiger partial charge in [0.1, 0.15) is 0 Å². The number of nitrogens with one attached hydrogen (secondary N) is 2. The second kappa shape index (κ2) is 6.63. The third kappa shape index (κ3) is 4.05. The molecule has 3 rings (SSSR count). The Kier molecular flexibility index (Phi) is 4.58. The average Bonchev–Trinajstić information content (AvgIpc) is 3.34. The molecule has 2 aromatic rings. The van der Waals surface area contributed by atoms with Crippen molar-refractivity contribution < 1.29 is 4.79 Å². The van der Waals surface area contributed by atoms with Crippen LogP contribution in [0.2, 0.25) is 5.02 Å². The van der Waals surface area contributed by atoms with Crippen LogP contribution in [0.3, 0.4) is 0 Å². The monoisotopic (exact) mass is 328 g/mol. The predicted molar refractivity (Wildman–Crippen MR) is 93.8 cm³/mol. The summed E-state index contributed by atoms with van der Waals surface area (Å²) in [5.41, 5.74) is 3.66. The van der Waals surface area contributed by atoms with Gasteiger partial charge in [-0.25, -0.2) is 4.79 Å². The van der Waals surface area contributed by atoms with Crippen LogP contribution in [0.1, 0.15) is 29.5 Å². The van der Waals surface area contributed by atoms with E-state index in [1.165, 1.54) is 11.1 Å². The second-order valence-corrected chi connectivity index (χ2v) is 6.75. The number of benzene rings is 2. The molecule has 0 atom stereocenters. The van der Waals surface area contributed by atoms with Gasteiger partial charge >= 0.3 is 6.03 Å². The molecule has 0 radical (unpaired) electrons. The molecule has 4 heteroatoms. The van der Waals surface area contributed by atoms with E-state index in [-0.39, 0.29) is 11.4 Å².